The number of benzene rings is 1. The van der Waals surface area contributed by atoms with Crippen LogP contribution < -0.4 is 10.2 Å². The predicted octanol–water partition coefficient (Wildman–Crippen LogP) is 3.62. The molecule has 1 aliphatic rings. The van der Waals surface area contributed by atoms with Crippen LogP contribution in [0, 0.1) is 0 Å². The molecule has 3 rings (SSSR count). The monoisotopic (exact) mass is 301 g/mol. The zero-order chi connectivity index (χ0) is 14.7. The second kappa shape index (κ2) is 6.46. The van der Waals surface area contributed by atoms with Gasteiger partial charge in [0, 0.05) is 37.4 Å². The van der Waals surface area contributed by atoms with Gasteiger partial charge in [-0.3, -0.25) is 0 Å². The average Bonchev–Trinajstić information content (AvgIpc) is 3.32. The van der Waals surface area contributed by atoms with Crippen LogP contribution >= 0.6 is 11.6 Å². The first-order valence-electron chi connectivity index (χ1n) is 7.34. The predicted molar refractivity (Wildman–Crippen MR) is 87.7 cm³/mol. The zero-order valence-corrected chi connectivity index (χ0v) is 13.0. The molecule has 2 aromatic rings. The minimum Gasteiger partial charge on any atom is -0.355 e. The first-order valence-corrected chi connectivity index (χ1v) is 7.72. The molecule has 0 bridgehead atoms. The Morgan fingerprint density at radius 3 is 2.67 bits per heavy atom. The Morgan fingerprint density at radius 1 is 1.19 bits per heavy atom. The Morgan fingerprint density at radius 2 is 1.95 bits per heavy atom. The molecule has 3 nitrogen and oxygen atoms in total. The lowest BCUT2D eigenvalue weighted by Crippen LogP contribution is -2.19. The van der Waals surface area contributed by atoms with E-state index >= 15 is 0 Å². The van der Waals surface area contributed by atoms with Crippen molar-refractivity contribution in [2.75, 3.05) is 11.9 Å². The van der Waals surface area contributed by atoms with E-state index in [0.29, 0.717) is 0 Å². The third-order valence-corrected chi connectivity index (χ3v) is 3.96. The summed E-state index contributed by atoms with van der Waals surface area (Å²) in [7, 11) is 2.06. The van der Waals surface area contributed by atoms with Crippen LogP contribution in [0.5, 0.6) is 0 Å². The Balaban J connectivity index is 1.63. The molecule has 0 amide bonds. The fourth-order valence-corrected chi connectivity index (χ4v) is 2.40. The topological polar surface area (TPSA) is 28.2 Å². The van der Waals surface area contributed by atoms with Crippen LogP contribution in [0.3, 0.4) is 0 Å². The Labute approximate surface area is 131 Å². The molecule has 1 aliphatic carbocycles. The van der Waals surface area contributed by atoms with Crippen molar-refractivity contribution in [3.63, 3.8) is 0 Å². The van der Waals surface area contributed by atoms with E-state index in [1.807, 2.05) is 18.3 Å². The maximum Gasteiger partial charge on any atom is 0.128 e. The number of pyridine rings is 1. The number of rotatable bonds is 6. The average molecular weight is 302 g/mol. The van der Waals surface area contributed by atoms with Gasteiger partial charge in [0.2, 0.25) is 0 Å². The molecule has 0 saturated heterocycles. The maximum atomic E-state index is 5.92. The Hall–Kier alpha value is -1.58. The van der Waals surface area contributed by atoms with E-state index in [4.69, 9.17) is 11.6 Å². The summed E-state index contributed by atoms with van der Waals surface area (Å²) in [6.45, 7) is 1.75. The van der Waals surface area contributed by atoms with E-state index in [-0.39, 0.29) is 0 Å². The zero-order valence-electron chi connectivity index (χ0n) is 12.2. The minimum atomic E-state index is 0.730. The van der Waals surface area contributed by atoms with Crippen molar-refractivity contribution in [3.05, 3.63) is 58.7 Å². The second-order valence-electron chi connectivity index (χ2n) is 5.66. The summed E-state index contributed by atoms with van der Waals surface area (Å²) in [5.74, 6) is 1.00. The normalized spacial score (nSPS) is 14.2. The summed E-state index contributed by atoms with van der Waals surface area (Å²) in [6, 6.07) is 12.9. The summed E-state index contributed by atoms with van der Waals surface area (Å²) in [4.78, 5) is 6.62. The molecular formula is C17H20ClN3. The Bertz CT molecular complexity index is 593. The second-order valence-corrected chi connectivity index (χ2v) is 6.10. The van der Waals surface area contributed by atoms with E-state index < -0.39 is 0 Å². The van der Waals surface area contributed by atoms with E-state index in [1.54, 1.807) is 0 Å². The van der Waals surface area contributed by atoms with Gasteiger partial charge >= 0.3 is 0 Å². The van der Waals surface area contributed by atoms with Crippen molar-refractivity contribution >= 4 is 17.4 Å². The van der Waals surface area contributed by atoms with Gasteiger partial charge in [-0.15, -0.1) is 0 Å². The van der Waals surface area contributed by atoms with Gasteiger partial charge < -0.3 is 10.2 Å². The maximum absolute atomic E-state index is 5.92. The molecule has 1 fully saturated rings. The molecule has 1 saturated carbocycles. The van der Waals surface area contributed by atoms with Crippen molar-refractivity contribution in [1.29, 1.82) is 0 Å². The van der Waals surface area contributed by atoms with Gasteiger partial charge in [-0.05, 0) is 48.2 Å². The number of nitrogens with one attached hydrogen (secondary N) is 1. The van der Waals surface area contributed by atoms with Gasteiger partial charge in [0.25, 0.3) is 0 Å². The number of hydrogen-bond acceptors (Lipinski definition) is 3. The van der Waals surface area contributed by atoms with E-state index in [2.05, 4.69) is 46.5 Å². The number of anilines is 1. The molecule has 110 valence electrons. The highest BCUT2D eigenvalue weighted by atomic mass is 35.5. The van der Waals surface area contributed by atoms with Crippen LogP contribution in [-0.4, -0.2) is 18.1 Å². The van der Waals surface area contributed by atoms with Gasteiger partial charge in [0.15, 0.2) is 0 Å². The highest BCUT2D eigenvalue weighted by Gasteiger charge is 2.20. The molecule has 1 N–H and O–H groups in total. The molecule has 0 aliphatic heterocycles. The smallest absolute Gasteiger partial charge is 0.128 e. The van der Waals surface area contributed by atoms with Crippen LogP contribution in [0.15, 0.2) is 42.6 Å². The van der Waals surface area contributed by atoms with E-state index in [9.17, 15) is 0 Å². The third kappa shape index (κ3) is 4.19. The van der Waals surface area contributed by atoms with Crippen LogP contribution in [0.1, 0.15) is 24.0 Å². The summed E-state index contributed by atoms with van der Waals surface area (Å²) in [5, 5.41) is 4.30. The van der Waals surface area contributed by atoms with Crippen molar-refractivity contribution in [3.8, 4) is 0 Å². The largest absolute Gasteiger partial charge is 0.355 e. The highest BCUT2D eigenvalue weighted by molar-refractivity contribution is 6.30. The summed E-state index contributed by atoms with van der Waals surface area (Å²) in [6.07, 6.45) is 4.51. The number of hydrogen-bond donors (Lipinski definition) is 1. The lowest BCUT2D eigenvalue weighted by molar-refractivity contribution is 0.686. The molecule has 0 spiro atoms. The number of aromatic nitrogens is 1. The first kappa shape index (κ1) is 14.4. The molecule has 21 heavy (non-hydrogen) atoms. The van der Waals surface area contributed by atoms with Gasteiger partial charge in [-0.1, -0.05) is 23.7 Å². The molecule has 1 aromatic carbocycles. The third-order valence-electron chi connectivity index (χ3n) is 3.71. The SMILES string of the molecule is CN(Cc1ccc(Cl)cc1)c1cc(CNC2CC2)ccn1. The molecule has 4 heteroatoms. The van der Waals surface area contributed by atoms with E-state index in [1.165, 1.54) is 24.0 Å². The summed E-state index contributed by atoms with van der Waals surface area (Å²) < 4.78 is 0. The molecular weight excluding hydrogens is 282 g/mol. The fourth-order valence-electron chi connectivity index (χ4n) is 2.27. The van der Waals surface area contributed by atoms with E-state index in [0.717, 1.165) is 30.0 Å². The Kier molecular flexibility index (Phi) is 4.42. The molecule has 0 unspecified atom stereocenters. The van der Waals surface area contributed by atoms with Crippen LogP contribution in [-0.2, 0) is 13.1 Å². The van der Waals surface area contributed by atoms with Crippen LogP contribution in [0.2, 0.25) is 5.02 Å². The van der Waals surface area contributed by atoms with Crippen molar-refractivity contribution in [2.45, 2.75) is 32.0 Å². The molecule has 1 heterocycles. The quantitative estimate of drug-likeness (QED) is 0.883. The van der Waals surface area contributed by atoms with Gasteiger partial charge in [0.05, 0.1) is 0 Å². The summed E-state index contributed by atoms with van der Waals surface area (Å²) >= 11 is 5.92. The number of nitrogens with zero attached hydrogens (tertiary/aromatic N) is 2. The van der Waals surface area contributed by atoms with Crippen molar-refractivity contribution in [1.82, 2.24) is 10.3 Å². The lowest BCUT2D eigenvalue weighted by atomic mass is 10.2. The van der Waals surface area contributed by atoms with Crippen molar-refractivity contribution in [2.24, 2.45) is 0 Å². The minimum absolute atomic E-state index is 0.730. The van der Waals surface area contributed by atoms with Gasteiger partial charge in [-0.25, -0.2) is 4.98 Å². The molecule has 1 aromatic heterocycles. The standard InChI is InChI=1S/C17H20ClN3/c1-21(12-13-2-4-15(18)5-3-13)17-10-14(8-9-19-17)11-20-16-6-7-16/h2-5,8-10,16,20H,6-7,11-12H2,1H3. The lowest BCUT2D eigenvalue weighted by Gasteiger charge is -2.19. The van der Waals surface area contributed by atoms with Gasteiger partial charge in [0.1, 0.15) is 5.82 Å². The van der Waals surface area contributed by atoms with Crippen LogP contribution in [0.4, 0.5) is 5.82 Å². The first-order chi connectivity index (χ1) is 10.2. The fraction of sp³-hybridized carbons (Fsp3) is 0.353. The number of halogens is 1. The molecule has 0 radical (unpaired) electrons. The summed E-state index contributed by atoms with van der Waals surface area (Å²) in [5.41, 5.74) is 2.51. The van der Waals surface area contributed by atoms with Gasteiger partial charge in [-0.2, -0.15) is 0 Å². The highest BCUT2D eigenvalue weighted by Crippen LogP contribution is 2.20. The molecule has 0 atom stereocenters. The van der Waals surface area contributed by atoms with Crippen LogP contribution in [0.25, 0.3) is 0 Å². The van der Waals surface area contributed by atoms with Crippen molar-refractivity contribution < 1.29 is 0 Å².